The Hall–Kier alpha value is -0.740. The fourth-order valence-electron chi connectivity index (χ4n) is 3.53. The fraction of sp³-hybridized carbons (Fsp3) is 0.722. The summed E-state index contributed by atoms with van der Waals surface area (Å²) in [7, 11) is 0. The van der Waals surface area contributed by atoms with Gasteiger partial charge in [-0.2, -0.15) is 0 Å². The molecule has 0 heteroatoms. The molecule has 0 amide bonds. The highest BCUT2D eigenvalue weighted by Gasteiger charge is 2.29. The average molecular weight is 244 g/mol. The minimum absolute atomic E-state index is 0.730. The highest BCUT2D eigenvalue weighted by molar-refractivity contribution is 5.18. The summed E-state index contributed by atoms with van der Waals surface area (Å²) < 4.78 is 0. The SMILES string of the molecule is C=C1CC(C2=C=CC(C)CC2)CCC1C(C)CC. The molecular formula is C18H28. The van der Waals surface area contributed by atoms with Crippen molar-refractivity contribution < 1.29 is 0 Å². The predicted molar refractivity (Wildman–Crippen MR) is 79.4 cm³/mol. The summed E-state index contributed by atoms with van der Waals surface area (Å²) in [5.74, 6) is 3.07. The molecule has 0 aromatic heterocycles. The number of hydrogen-bond acceptors (Lipinski definition) is 0. The van der Waals surface area contributed by atoms with E-state index in [4.69, 9.17) is 0 Å². The summed E-state index contributed by atoms with van der Waals surface area (Å²) in [6, 6.07) is 0. The fourth-order valence-corrected chi connectivity index (χ4v) is 3.53. The van der Waals surface area contributed by atoms with Crippen LogP contribution in [0.25, 0.3) is 0 Å². The van der Waals surface area contributed by atoms with Gasteiger partial charge in [0, 0.05) is 0 Å². The molecule has 0 aromatic carbocycles. The topological polar surface area (TPSA) is 0 Å². The van der Waals surface area contributed by atoms with Gasteiger partial charge in [0.1, 0.15) is 0 Å². The highest BCUT2D eigenvalue weighted by atomic mass is 14.3. The lowest BCUT2D eigenvalue weighted by atomic mass is 9.70. The van der Waals surface area contributed by atoms with E-state index in [1.807, 2.05) is 0 Å². The molecule has 0 saturated heterocycles. The normalized spacial score (nSPS) is 34.3. The molecule has 100 valence electrons. The van der Waals surface area contributed by atoms with Crippen LogP contribution in [-0.2, 0) is 0 Å². The number of hydrogen-bond donors (Lipinski definition) is 0. The summed E-state index contributed by atoms with van der Waals surface area (Å²) in [5, 5.41) is 0. The largest absolute Gasteiger partial charge is 0.126 e. The summed E-state index contributed by atoms with van der Waals surface area (Å²) >= 11 is 0. The third-order valence-electron chi connectivity index (χ3n) is 5.10. The maximum atomic E-state index is 4.37. The van der Waals surface area contributed by atoms with E-state index in [-0.39, 0.29) is 0 Å². The minimum Gasteiger partial charge on any atom is -0.126 e. The van der Waals surface area contributed by atoms with Gasteiger partial charge < -0.3 is 0 Å². The maximum absolute atomic E-state index is 4.37. The van der Waals surface area contributed by atoms with E-state index in [9.17, 15) is 0 Å². The maximum Gasteiger partial charge on any atom is -0.00898 e. The second-order valence-corrected chi connectivity index (χ2v) is 6.48. The van der Waals surface area contributed by atoms with Gasteiger partial charge in [0.15, 0.2) is 0 Å². The Morgan fingerprint density at radius 2 is 2.17 bits per heavy atom. The Balaban J connectivity index is 2.00. The molecule has 0 spiro atoms. The van der Waals surface area contributed by atoms with Crippen molar-refractivity contribution in [3.63, 3.8) is 0 Å². The third kappa shape index (κ3) is 2.98. The molecule has 0 aliphatic heterocycles. The molecule has 0 aromatic rings. The Kier molecular flexibility index (Phi) is 4.51. The number of allylic oxidation sites excluding steroid dienone is 2. The lowest BCUT2D eigenvalue weighted by molar-refractivity contribution is 0.293. The number of rotatable bonds is 3. The van der Waals surface area contributed by atoms with Crippen LogP contribution in [0, 0.1) is 23.7 Å². The first-order chi connectivity index (χ1) is 8.61. The van der Waals surface area contributed by atoms with E-state index in [1.165, 1.54) is 44.1 Å². The van der Waals surface area contributed by atoms with Crippen molar-refractivity contribution in [3.05, 3.63) is 29.5 Å². The molecular weight excluding hydrogens is 216 g/mol. The molecule has 4 atom stereocenters. The summed E-state index contributed by atoms with van der Waals surface area (Å²) in [6.45, 7) is 11.4. The van der Waals surface area contributed by atoms with Crippen LogP contribution in [0.2, 0.25) is 0 Å². The molecule has 1 saturated carbocycles. The second-order valence-electron chi connectivity index (χ2n) is 6.48. The monoisotopic (exact) mass is 244 g/mol. The van der Waals surface area contributed by atoms with E-state index in [0.29, 0.717) is 0 Å². The first kappa shape index (κ1) is 13.7. The van der Waals surface area contributed by atoms with Crippen molar-refractivity contribution in [2.75, 3.05) is 0 Å². The van der Waals surface area contributed by atoms with Crippen LogP contribution in [0.5, 0.6) is 0 Å². The summed E-state index contributed by atoms with van der Waals surface area (Å²) in [4.78, 5) is 0. The van der Waals surface area contributed by atoms with Crippen LogP contribution in [0.4, 0.5) is 0 Å². The van der Waals surface area contributed by atoms with Crippen molar-refractivity contribution in [1.82, 2.24) is 0 Å². The van der Waals surface area contributed by atoms with Crippen molar-refractivity contribution in [2.45, 2.75) is 59.3 Å². The van der Waals surface area contributed by atoms with Crippen LogP contribution in [0.15, 0.2) is 29.5 Å². The van der Waals surface area contributed by atoms with E-state index in [0.717, 1.165) is 23.7 Å². The van der Waals surface area contributed by atoms with E-state index in [1.54, 1.807) is 5.57 Å². The zero-order chi connectivity index (χ0) is 13.1. The van der Waals surface area contributed by atoms with E-state index < -0.39 is 0 Å². The van der Waals surface area contributed by atoms with Crippen molar-refractivity contribution in [2.24, 2.45) is 23.7 Å². The van der Waals surface area contributed by atoms with E-state index in [2.05, 4.69) is 39.2 Å². The smallest absolute Gasteiger partial charge is 0.00898 e. The van der Waals surface area contributed by atoms with Crippen LogP contribution >= 0.6 is 0 Å². The standard InChI is InChI=1S/C18H28/c1-5-14(3)18-11-10-17(12-15(18)4)16-8-6-13(2)7-9-16/h6,13-14,17-18H,4-5,7,9-12H2,1-3H3. The first-order valence-corrected chi connectivity index (χ1v) is 7.75. The molecule has 0 nitrogen and oxygen atoms in total. The molecule has 0 heterocycles. The van der Waals surface area contributed by atoms with Gasteiger partial charge in [0.05, 0.1) is 0 Å². The van der Waals surface area contributed by atoms with Crippen molar-refractivity contribution in [3.8, 4) is 0 Å². The van der Waals surface area contributed by atoms with Crippen molar-refractivity contribution in [1.29, 1.82) is 0 Å². The van der Waals surface area contributed by atoms with Crippen LogP contribution in [0.3, 0.4) is 0 Å². The molecule has 2 rings (SSSR count). The zero-order valence-corrected chi connectivity index (χ0v) is 12.3. The molecule has 0 bridgehead atoms. The lowest BCUT2D eigenvalue weighted by Crippen LogP contribution is -2.23. The van der Waals surface area contributed by atoms with Gasteiger partial charge in [-0.05, 0) is 67.4 Å². The lowest BCUT2D eigenvalue weighted by Gasteiger charge is -2.35. The first-order valence-electron chi connectivity index (χ1n) is 7.75. The van der Waals surface area contributed by atoms with Gasteiger partial charge in [-0.1, -0.05) is 39.3 Å². The van der Waals surface area contributed by atoms with Gasteiger partial charge in [0.2, 0.25) is 0 Å². The summed E-state index contributed by atoms with van der Waals surface area (Å²) in [6.07, 6.45) is 10.1. The van der Waals surface area contributed by atoms with Crippen LogP contribution in [-0.4, -0.2) is 0 Å². The summed E-state index contributed by atoms with van der Waals surface area (Å²) in [5.41, 5.74) is 6.66. The van der Waals surface area contributed by atoms with Gasteiger partial charge in [-0.25, -0.2) is 0 Å². The van der Waals surface area contributed by atoms with E-state index >= 15 is 0 Å². The Labute approximate surface area is 113 Å². The minimum atomic E-state index is 0.730. The zero-order valence-electron chi connectivity index (χ0n) is 12.3. The van der Waals surface area contributed by atoms with Gasteiger partial charge in [0.25, 0.3) is 0 Å². The Bertz CT molecular complexity index is 367. The molecule has 18 heavy (non-hydrogen) atoms. The van der Waals surface area contributed by atoms with Gasteiger partial charge in [-0.15, -0.1) is 5.73 Å². The molecule has 0 radical (unpaired) electrons. The molecule has 4 unspecified atom stereocenters. The average Bonchev–Trinajstić information content (AvgIpc) is 2.38. The van der Waals surface area contributed by atoms with Crippen LogP contribution < -0.4 is 0 Å². The molecule has 2 aliphatic rings. The molecule has 1 fully saturated rings. The Morgan fingerprint density at radius 1 is 1.39 bits per heavy atom. The van der Waals surface area contributed by atoms with Crippen molar-refractivity contribution >= 4 is 0 Å². The molecule has 2 aliphatic carbocycles. The molecule has 0 N–H and O–H groups in total. The highest BCUT2D eigenvalue weighted by Crippen LogP contribution is 2.42. The third-order valence-corrected chi connectivity index (χ3v) is 5.10. The predicted octanol–water partition coefficient (Wildman–Crippen LogP) is 5.52. The second kappa shape index (κ2) is 5.93. The Morgan fingerprint density at radius 3 is 2.72 bits per heavy atom. The van der Waals surface area contributed by atoms with Crippen LogP contribution in [0.1, 0.15) is 59.3 Å². The van der Waals surface area contributed by atoms with Gasteiger partial charge >= 0.3 is 0 Å². The quantitative estimate of drug-likeness (QED) is 0.453. The van der Waals surface area contributed by atoms with Gasteiger partial charge in [-0.3, -0.25) is 0 Å².